The van der Waals surface area contributed by atoms with Gasteiger partial charge in [-0.2, -0.15) is 0 Å². The molecule has 0 unspecified atom stereocenters. The highest BCUT2D eigenvalue weighted by atomic mass is 16.5. The first-order valence-corrected chi connectivity index (χ1v) is 8.41. The van der Waals surface area contributed by atoms with Gasteiger partial charge in [0, 0.05) is 31.7 Å². The minimum absolute atomic E-state index is 0.0906. The van der Waals surface area contributed by atoms with E-state index in [0.29, 0.717) is 31.7 Å². The molecule has 128 valence electrons. The van der Waals surface area contributed by atoms with Gasteiger partial charge in [-0.25, -0.2) is 0 Å². The van der Waals surface area contributed by atoms with Crippen molar-refractivity contribution in [1.29, 1.82) is 0 Å². The molecule has 1 saturated heterocycles. The Hall–Kier alpha value is -2.66. The summed E-state index contributed by atoms with van der Waals surface area (Å²) in [6, 6.07) is 13.4. The van der Waals surface area contributed by atoms with Crippen LogP contribution in [-0.2, 0) is 19.9 Å². The predicted octanol–water partition coefficient (Wildman–Crippen LogP) is 3.10. The number of carbonyl (C=O) groups excluding carboxylic acids is 2. The second-order valence-electron chi connectivity index (χ2n) is 6.56. The van der Waals surface area contributed by atoms with Crippen molar-refractivity contribution in [3.8, 4) is 11.3 Å². The lowest BCUT2D eigenvalue weighted by Crippen LogP contribution is -2.51. The van der Waals surface area contributed by atoms with E-state index in [-0.39, 0.29) is 17.1 Å². The average Bonchev–Trinajstić information content (AvgIpc) is 3.08. The Balaban J connectivity index is 2.02. The van der Waals surface area contributed by atoms with E-state index in [1.165, 1.54) is 6.92 Å². The number of ketones is 2. The number of rotatable bonds is 2. The molecule has 0 atom stereocenters. The second-order valence-corrected chi connectivity index (χ2v) is 6.56. The topological polar surface area (TPSA) is 68.5 Å². The summed E-state index contributed by atoms with van der Waals surface area (Å²) in [5.74, 6) is -0.930. The SMILES string of the molecule is CC(=O)C1=C(O)c2ccc(-c3ccccc3)n2C2(CCOCC2)C1=O. The summed E-state index contributed by atoms with van der Waals surface area (Å²) in [6.07, 6.45) is 0.967. The molecule has 1 aromatic heterocycles. The van der Waals surface area contributed by atoms with Crippen LogP contribution in [0.4, 0.5) is 0 Å². The smallest absolute Gasteiger partial charge is 0.196 e. The first-order valence-electron chi connectivity index (χ1n) is 8.41. The molecule has 0 bridgehead atoms. The quantitative estimate of drug-likeness (QED) is 0.855. The molecule has 1 fully saturated rings. The molecular weight excluding hydrogens is 318 g/mol. The zero-order valence-corrected chi connectivity index (χ0v) is 14.0. The third-order valence-corrected chi connectivity index (χ3v) is 5.18. The summed E-state index contributed by atoms with van der Waals surface area (Å²) < 4.78 is 7.39. The molecule has 0 radical (unpaired) electrons. The Morgan fingerprint density at radius 3 is 2.36 bits per heavy atom. The average molecular weight is 337 g/mol. The van der Waals surface area contributed by atoms with Gasteiger partial charge in [-0.05, 0) is 24.6 Å². The Morgan fingerprint density at radius 1 is 1.08 bits per heavy atom. The van der Waals surface area contributed by atoms with Crippen LogP contribution in [0.2, 0.25) is 0 Å². The van der Waals surface area contributed by atoms with Gasteiger partial charge in [0.05, 0.1) is 5.69 Å². The van der Waals surface area contributed by atoms with Crippen molar-refractivity contribution in [3.63, 3.8) is 0 Å². The van der Waals surface area contributed by atoms with Crippen molar-refractivity contribution in [2.45, 2.75) is 25.3 Å². The minimum atomic E-state index is -0.879. The molecular formula is C20H19NO4. The third-order valence-electron chi connectivity index (χ3n) is 5.18. The summed E-state index contributed by atoms with van der Waals surface area (Å²) in [6.45, 7) is 2.22. The zero-order chi connectivity index (χ0) is 17.6. The first kappa shape index (κ1) is 15.8. The maximum absolute atomic E-state index is 13.3. The maximum atomic E-state index is 13.3. The van der Waals surface area contributed by atoms with E-state index in [2.05, 4.69) is 0 Å². The van der Waals surface area contributed by atoms with Crippen molar-refractivity contribution in [2.24, 2.45) is 0 Å². The van der Waals surface area contributed by atoms with Crippen molar-refractivity contribution in [3.05, 3.63) is 53.7 Å². The van der Waals surface area contributed by atoms with Crippen molar-refractivity contribution >= 4 is 17.3 Å². The lowest BCUT2D eigenvalue weighted by atomic mass is 9.77. The summed E-state index contributed by atoms with van der Waals surface area (Å²) in [5.41, 5.74) is 1.37. The molecule has 5 heteroatoms. The second kappa shape index (κ2) is 5.70. The Kier molecular flexibility index (Phi) is 3.62. The molecule has 2 aliphatic heterocycles. The Bertz CT molecular complexity index is 886. The Labute approximate surface area is 145 Å². The van der Waals surface area contributed by atoms with Gasteiger partial charge < -0.3 is 14.4 Å². The van der Waals surface area contributed by atoms with E-state index in [4.69, 9.17) is 4.74 Å². The number of allylic oxidation sites excluding steroid dienone is 1. The number of hydrogen-bond acceptors (Lipinski definition) is 4. The van der Waals surface area contributed by atoms with Crippen LogP contribution in [-0.4, -0.2) is 34.5 Å². The van der Waals surface area contributed by atoms with Gasteiger partial charge in [0.25, 0.3) is 0 Å². The van der Waals surface area contributed by atoms with E-state index in [0.717, 1.165) is 11.3 Å². The molecule has 1 N–H and O–H groups in total. The normalized spacial score (nSPS) is 19.2. The van der Waals surface area contributed by atoms with E-state index in [1.54, 1.807) is 6.07 Å². The number of aliphatic hydroxyl groups excluding tert-OH is 1. The van der Waals surface area contributed by atoms with E-state index < -0.39 is 11.3 Å². The molecule has 1 spiro atoms. The molecule has 1 aromatic carbocycles. The molecule has 3 heterocycles. The summed E-state index contributed by atoms with van der Waals surface area (Å²) in [4.78, 5) is 25.3. The molecule has 5 nitrogen and oxygen atoms in total. The maximum Gasteiger partial charge on any atom is 0.196 e. The summed E-state index contributed by atoms with van der Waals surface area (Å²) in [7, 11) is 0. The number of hydrogen-bond donors (Lipinski definition) is 1. The monoisotopic (exact) mass is 337 g/mol. The minimum Gasteiger partial charge on any atom is -0.505 e. The highest BCUT2D eigenvalue weighted by molar-refractivity contribution is 6.27. The summed E-state index contributed by atoms with van der Waals surface area (Å²) >= 11 is 0. The number of nitrogens with zero attached hydrogens (tertiary/aromatic N) is 1. The molecule has 25 heavy (non-hydrogen) atoms. The molecule has 2 aromatic rings. The number of aliphatic hydroxyl groups is 1. The highest BCUT2D eigenvalue weighted by Gasteiger charge is 2.50. The van der Waals surface area contributed by atoms with Gasteiger partial charge in [-0.15, -0.1) is 0 Å². The van der Waals surface area contributed by atoms with Crippen LogP contribution in [0.15, 0.2) is 48.0 Å². The van der Waals surface area contributed by atoms with Gasteiger partial charge in [-0.1, -0.05) is 30.3 Å². The summed E-state index contributed by atoms with van der Waals surface area (Å²) in [5, 5.41) is 10.6. The number of ether oxygens (including phenoxy) is 1. The van der Waals surface area contributed by atoms with Crippen molar-refractivity contribution < 1.29 is 19.4 Å². The molecule has 2 aliphatic rings. The van der Waals surface area contributed by atoms with Crippen LogP contribution in [0.1, 0.15) is 25.5 Å². The van der Waals surface area contributed by atoms with Crippen LogP contribution in [0, 0.1) is 0 Å². The van der Waals surface area contributed by atoms with Gasteiger partial charge in [0.1, 0.15) is 11.1 Å². The van der Waals surface area contributed by atoms with Gasteiger partial charge >= 0.3 is 0 Å². The number of aromatic nitrogens is 1. The first-order chi connectivity index (χ1) is 12.1. The van der Waals surface area contributed by atoms with Gasteiger partial charge in [0.15, 0.2) is 17.3 Å². The lowest BCUT2D eigenvalue weighted by Gasteiger charge is -2.42. The number of benzene rings is 1. The van der Waals surface area contributed by atoms with Crippen LogP contribution < -0.4 is 0 Å². The number of carbonyl (C=O) groups is 2. The van der Waals surface area contributed by atoms with Crippen LogP contribution in [0.3, 0.4) is 0 Å². The van der Waals surface area contributed by atoms with Crippen LogP contribution >= 0.6 is 0 Å². The largest absolute Gasteiger partial charge is 0.505 e. The van der Waals surface area contributed by atoms with Gasteiger partial charge in [-0.3, -0.25) is 9.59 Å². The molecule has 0 aliphatic carbocycles. The van der Waals surface area contributed by atoms with E-state index in [1.807, 2.05) is 41.0 Å². The van der Waals surface area contributed by atoms with Crippen molar-refractivity contribution in [2.75, 3.05) is 13.2 Å². The molecule has 0 saturated carbocycles. The molecule has 0 amide bonds. The highest BCUT2D eigenvalue weighted by Crippen LogP contribution is 2.44. The van der Waals surface area contributed by atoms with Crippen molar-refractivity contribution in [1.82, 2.24) is 4.57 Å². The number of Topliss-reactive ketones (excluding diaryl/α,β-unsaturated/α-hetero) is 2. The number of fused-ring (bicyclic) bond motifs is 2. The third kappa shape index (κ3) is 2.19. The zero-order valence-electron chi connectivity index (χ0n) is 14.0. The fourth-order valence-corrected chi connectivity index (χ4v) is 3.97. The fourth-order valence-electron chi connectivity index (χ4n) is 3.97. The van der Waals surface area contributed by atoms with E-state index >= 15 is 0 Å². The standard InChI is InChI=1S/C20H19NO4/c1-13(22)17-18(23)16-8-7-15(14-5-3-2-4-6-14)21(16)20(19(17)24)9-11-25-12-10-20/h2-8,23H,9-12H2,1H3. The van der Waals surface area contributed by atoms with Crippen LogP contribution in [0.5, 0.6) is 0 Å². The van der Waals surface area contributed by atoms with Gasteiger partial charge in [0.2, 0.25) is 0 Å². The fraction of sp³-hybridized carbons (Fsp3) is 0.300. The predicted molar refractivity (Wildman–Crippen MR) is 93.1 cm³/mol. The Morgan fingerprint density at radius 2 is 1.72 bits per heavy atom. The van der Waals surface area contributed by atoms with Crippen LogP contribution in [0.25, 0.3) is 17.0 Å². The van der Waals surface area contributed by atoms with E-state index in [9.17, 15) is 14.7 Å². The lowest BCUT2D eigenvalue weighted by molar-refractivity contribution is -0.131. The molecule has 4 rings (SSSR count).